The molecule has 0 spiro atoms. The first kappa shape index (κ1) is 16.5. The molecule has 110 valence electrons. The van der Waals surface area contributed by atoms with Gasteiger partial charge in [-0.2, -0.15) is 0 Å². The Hall–Kier alpha value is -1.53. The van der Waals surface area contributed by atoms with Crippen LogP contribution in [0.15, 0.2) is 30.3 Å². The SMILES string of the molecule is CC(CCOc1ccc(CC=C=O)cc1)CC(C)(C)C. The summed E-state index contributed by atoms with van der Waals surface area (Å²) in [5, 5.41) is 0. The highest BCUT2D eigenvalue weighted by atomic mass is 16.5. The van der Waals surface area contributed by atoms with Gasteiger partial charge in [-0.3, -0.25) is 0 Å². The van der Waals surface area contributed by atoms with Crippen LogP contribution in [0.2, 0.25) is 0 Å². The highest BCUT2D eigenvalue weighted by Gasteiger charge is 2.15. The molecule has 0 heterocycles. The Balaban J connectivity index is 2.33. The zero-order chi connectivity index (χ0) is 15.0. The van der Waals surface area contributed by atoms with Crippen LogP contribution in [0.25, 0.3) is 0 Å². The maximum atomic E-state index is 10.1. The van der Waals surface area contributed by atoms with E-state index in [9.17, 15) is 4.79 Å². The van der Waals surface area contributed by atoms with E-state index in [1.54, 1.807) is 5.94 Å². The van der Waals surface area contributed by atoms with E-state index in [0.717, 1.165) is 24.3 Å². The van der Waals surface area contributed by atoms with Crippen molar-refractivity contribution < 1.29 is 9.53 Å². The molecule has 1 aromatic carbocycles. The highest BCUT2D eigenvalue weighted by molar-refractivity contribution is 5.46. The molecule has 0 N–H and O–H groups in total. The van der Waals surface area contributed by atoms with Gasteiger partial charge in [0.1, 0.15) is 11.7 Å². The molecule has 0 aromatic heterocycles. The number of ether oxygens (including phenoxy) is 1. The van der Waals surface area contributed by atoms with Crippen LogP contribution in [0.4, 0.5) is 0 Å². The second kappa shape index (κ2) is 7.91. The van der Waals surface area contributed by atoms with Crippen molar-refractivity contribution in [1.29, 1.82) is 0 Å². The second-order valence-corrected chi connectivity index (χ2v) is 6.68. The Morgan fingerprint density at radius 1 is 1.25 bits per heavy atom. The molecule has 0 aliphatic heterocycles. The van der Waals surface area contributed by atoms with Gasteiger partial charge in [0.25, 0.3) is 0 Å². The Morgan fingerprint density at radius 3 is 2.45 bits per heavy atom. The van der Waals surface area contributed by atoms with Crippen molar-refractivity contribution in [2.45, 2.75) is 47.0 Å². The van der Waals surface area contributed by atoms with Crippen LogP contribution in [0.3, 0.4) is 0 Å². The Labute approximate surface area is 122 Å². The molecular weight excluding hydrogens is 248 g/mol. The molecule has 0 fully saturated rings. The molecule has 0 amide bonds. The second-order valence-electron chi connectivity index (χ2n) is 6.68. The van der Waals surface area contributed by atoms with Crippen LogP contribution in [0, 0.1) is 11.3 Å². The molecule has 0 aliphatic rings. The van der Waals surface area contributed by atoms with E-state index in [1.807, 2.05) is 24.3 Å². The van der Waals surface area contributed by atoms with Crippen LogP contribution < -0.4 is 4.74 Å². The lowest BCUT2D eigenvalue weighted by molar-refractivity contribution is 0.240. The molecule has 0 saturated heterocycles. The highest BCUT2D eigenvalue weighted by Crippen LogP contribution is 2.26. The fourth-order valence-corrected chi connectivity index (χ4v) is 2.41. The van der Waals surface area contributed by atoms with Crippen molar-refractivity contribution >= 4 is 5.94 Å². The number of allylic oxidation sites excluding steroid dienone is 1. The van der Waals surface area contributed by atoms with Gasteiger partial charge in [0.15, 0.2) is 0 Å². The maximum absolute atomic E-state index is 10.1. The summed E-state index contributed by atoms with van der Waals surface area (Å²) in [4.78, 5) is 10.1. The molecule has 1 unspecified atom stereocenters. The molecule has 1 atom stereocenters. The largest absolute Gasteiger partial charge is 0.494 e. The van der Waals surface area contributed by atoms with Gasteiger partial charge in [0.05, 0.1) is 6.61 Å². The zero-order valence-corrected chi connectivity index (χ0v) is 13.1. The van der Waals surface area contributed by atoms with Gasteiger partial charge in [-0.15, -0.1) is 0 Å². The van der Waals surface area contributed by atoms with E-state index >= 15 is 0 Å². The quantitative estimate of drug-likeness (QED) is 0.686. The number of hydrogen-bond acceptors (Lipinski definition) is 2. The fourth-order valence-electron chi connectivity index (χ4n) is 2.41. The Kier molecular flexibility index (Phi) is 6.54. The first-order valence-corrected chi connectivity index (χ1v) is 7.32. The van der Waals surface area contributed by atoms with E-state index in [-0.39, 0.29) is 0 Å². The lowest BCUT2D eigenvalue weighted by Crippen LogP contribution is -2.13. The van der Waals surface area contributed by atoms with Crippen LogP contribution in [-0.4, -0.2) is 12.5 Å². The first-order valence-electron chi connectivity index (χ1n) is 7.32. The number of carbonyl (C=O) groups excluding carboxylic acids is 1. The summed E-state index contributed by atoms with van der Waals surface area (Å²) in [6.45, 7) is 9.86. The Bertz CT molecular complexity index is 433. The topological polar surface area (TPSA) is 26.3 Å². The lowest BCUT2D eigenvalue weighted by atomic mass is 9.84. The molecule has 0 bridgehead atoms. The smallest absolute Gasteiger partial charge is 0.120 e. The standard InChI is InChI=1S/C18H26O2/c1-15(14-18(2,3)4)11-13-20-17-9-7-16(8-10-17)6-5-12-19/h5,7-10,15H,6,11,13-14H2,1-4H3. The molecule has 1 aromatic rings. The van der Waals surface area contributed by atoms with Crippen molar-refractivity contribution in [2.75, 3.05) is 6.61 Å². The summed E-state index contributed by atoms with van der Waals surface area (Å²) in [7, 11) is 0. The van der Waals surface area contributed by atoms with E-state index < -0.39 is 0 Å². The van der Waals surface area contributed by atoms with Gasteiger partial charge in [0, 0.05) is 12.5 Å². The molecule has 0 radical (unpaired) electrons. The average molecular weight is 274 g/mol. The van der Waals surface area contributed by atoms with Crippen molar-refractivity contribution in [1.82, 2.24) is 0 Å². The molecule has 20 heavy (non-hydrogen) atoms. The maximum Gasteiger partial charge on any atom is 0.120 e. The van der Waals surface area contributed by atoms with Gasteiger partial charge in [0.2, 0.25) is 0 Å². The van der Waals surface area contributed by atoms with Crippen LogP contribution in [0.5, 0.6) is 5.75 Å². The third kappa shape index (κ3) is 7.16. The summed E-state index contributed by atoms with van der Waals surface area (Å²) in [5.41, 5.74) is 1.48. The predicted molar refractivity (Wildman–Crippen MR) is 83.8 cm³/mol. The van der Waals surface area contributed by atoms with Crippen molar-refractivity contribution in [2.24, 2.45) is 11.3 Å². The molecule has 0 aliphatic carbocycles. The van der Waals surface area contributed by atoms with E-state index in [0.29, 0.717) is 17.8 Å². The molecule has 0 saturated carbocycles. The van der Waals surface area contributed by atoms with E-state index in [4.69, 9.17) is 4.74 Å². The predicted octanol–water partition coefficient (Wildman–Crippen LogP) is 4.46. The first-order chi connectivity index (χ1) is 9.40. The van der Waals surface area contributed by atoms with Gasteiger partial charge in [-0.1, -0.05) is 39.8 Å². The Morgan fingerprint density at radius 2 is 1.90 bits per heavy atom. The van der Waals surface area contributed by atoms with Gasteiger partial charge in [-0.25, -0.2) is 4.79 Å². The van der Waals surface area contributed by atoms with Gasteiger partial charge in [-0.05, 0) is 41.9 Å². The molecule has 2 heteroatoms. The normalized spacial score (nSPS) is 12.6. The van der Waals surface area contributed by atoms with E-state index in [2.05, 4.69) is 27.7 Å². The number of rotatable bonds is 7. The molecule has 1 rings (SSSR count). The molecular formula is C18H26O2. The van der Waals surface area contributed by atoms with Crippen LogP contribution in [-0.2, 0) is 11.2 Å². The van der Waals surface area contributed by atoms with Crippen molar-refractivity contribution in [3.63, 3.8) is 0 Å². The zero-order valence-electron chi connectivity index (χ0n) is 13.1. The summed E-state index contributed by atoms with van der Waals surface area (Å²) in [5.74, 6) is 3.36. The van der Waals surface area contributed by atoms with Crippen LogP contribution >= 0.6 is 0 Å². The van der Waals surface area contributed by atoms with Crippen LogP contribution in [0.1, 0.15) is 46.1 Å². The monoisotopic (exact) mass is 274 g/mol. The lowest BCUT2D eigenvalue weighted by Gasteiger charge is -2.23. The van der Waals surface area contributed by atoms with Crippen molar-refractivity contribution in [3.05, 3.63) is 35.9 Å². The minimum atomic E-state index is 0.382. The minimum absolute atomic E-state index is 0.382. The van der Waals surface area contributed by atoms with E-state index in [1.165, 1.54) is 12.5 Å². The number of hydrogen-bond donors (Lipinski definition) is 0. The van der Waals surface area contributed by atoms with Crippen molar-refractivity contribution in [3.8, 4) is 5.75 Å². The summed E-state index contributed by atoms with van der Waals surface area (Å²) in [6, 6.07) is 7.90. The average Bonchev–Trinajstić information content (AvgIpc) is 2.35. The molecule has 2 nitrogen and oxygen atoms in total. The minimum Gasteiger partial charge on any atom is -0.494 e. The number of benzene rings is 1. The summed E-state index contributed by atoms with van der Waals surface area (Å²) < 4.78 is 5.76. The van der Waals surface area contributed by atoms with Gasteiger partial charge < -0.3 is 4.74 Å². The summed E-state index contributed by atoms with van der Waals surface area (Å²) in [6.07, 6.45) is 4.41. The third-order valence-electron chi connectivity index (χ3n) is 3.18. The van der Waals surface area contributed by atoms with Gasteiger partial charge >= 0.3 is 0 Å². The third-order valence-corrected chi connectivity index (χ3v) is 3.18. The fraction of sp³-hybridized carbons (Fsp3) is 0.556. The summed E-state index contributed by atoms with van der Waals surface area (Å²) >= 11 is 0.